The first-order chi connectivity index (χ1) is 9.71. The molecule has 1 N–H and O–H groups in total. The molecule has 3 rings (SSSR count). The molecule has 2 heterocycles. The summed E-state index contributed by atoms with van der Waals surface area (Å²) >= 11 is 0. The number of benzene rings is 1. The van der Waals surface area contributed by atoms with Crippen molar-refractivity contribution in [3.05, 3.63) is 77.8 Å². The number of hydrogen-bond acceptors (Lipinski definition) is 4. The number of ether oxygens (including phenoxy) is 1. The van der Waals surface area contributed by atoms with Crippen molar-refractivity contribution in [2.75, 3.05) is 0 Å². The van der Waals surface area contributed by atoms with E-state index in [0.29, 0.717) is 0 Å². The van der Waals surface area contributed by atoms with Crippen molar-refractivity contribution in [2.45, 2.75) is 12.0 Å². The van der Waals surface area contributed by atoms with Gasteiger partial charge >= 0.3 is 5.97 Å². The molecular formula is C16H13NO3. The Morgan fingerprint density at radius 3 is 2.35 bits per heavy atom. The molecule has 4 heteroatoms. The maximum Gasteiger partial charge on any atom is 0.335 e. The Morgan fingerprint density at radius 2 is 1.70 bits per heavy atom. The second kappa shape index (κ2) is 4.81. The summed E-state index contributed by atoms with van der Waals surface area (Å²) < 4.78 is 5.61. The number of rotatable bonds is 2. The van der Waals surface area contributed by atoms with Crippen molar-refractivity contribution < 1.29 is 14.6 Å². The van der Waals surface area contributed by atoms with Gasteiger partial charge in [0.15, 0.2) is 5.60 Å². The molecule has 20 heavy (non-hydrogen) atoms. The van der Waals surface area contributed by atoms with Gasteiger partial charge in [0.1, 0.15) is 5.76 Å². The van der Waals surface area contributed by atoms with Crippen molar-refractivity contribution in [3.63, 3.8) is 0 Å². The van der Waals surface area contributed by atoms with E-state index in [-0.39, 0.29) is 12.2 Å². The highest BCUT2D eigenvalue weighted by Gasteiger charge is 2.41. The number of aromatic nitrogens is 1. The van der Waals surface area contributed by atoms with Gasteiger partial charge in [-0.2, -0.15) is 0 Å². The third-order valence-electron chi connectivity index (χ3n) is 3.38. The van der Waals surface area contributed by atoms with E-state index >= 15 is 0 Å². The lowest BCUT2D eigenvalue weighted by atomic mass is 9.82. The molecule has 1 atom stereocenters. The Hall–Kier alpha value is -2.62. The van der Waals surface area contributed by atoms with Gasteiger partial charge in [-0.05, 0) is 12.1 Å². The van der Waals surface area contributed by atoms with Crippen LogP contribution in [0.25, 0.3) is 0 Å². The van der Waals surface area contributed by atoms with Crippen LogP contribution in [0.15, 0.2) is 66.7 Å². The van der Waals surface area contributed by atoms with Crippen molar-refractivity contribution in [2.24, 2.45) is 0 Å². The number of carbonyl (C=O) groups excluding carboxylic acids is 1. The highest BCUT2D eigenvalue weighted by atomic mass is 16.6. The van der Waals surface area contributed by atoms with Gasteiger partial charge in [0, 0.05) is 23.5 Å². The second-order valence-corrected chi connectivity index (χ2v) is 4.66. The predicted octanol–water partition coefficient (Wildman–Crippen LogP) is 2.71. The fourth-order valence-electron chi connectivity index (χ4n) is 2.50. The van der Waals surface area contributed by atoms with E-state index in [1.165, 1.54) is 0 Å². The summed E-state index contributed by atoms with van der Waals surface area (Å²) in [7, 11) is 0. The van der Waals surface area contributed by atoms with E-state index in [9.17, 15) is 9.90 Å². The van der Waals surface area contributed by atoms with Crippen LogP contribution in [0.5, 0.6) is 0 Å². The van der Waals surface area contributed by atoms with Gasteiger partial charge in [-0.15, -0.1) is 0 Å². The smallest absolute Gasteiger partial charge is 0.335 e. The molecule has 0 aliphatic carbocycles. The van der Waals surface area contributed by atoms with Crippen LogP contribution in [0, 0.1) is 0 Å². The number of cyclic esters (lactones) is 1. The van der Waals surface area contributed by atoms with E-state index in [4.69, 9.17) is 4.74 Å². The van der Waals surface area contributed by atoms with E-state index in [1.807, 2.05) is 30.3 Å². The molecule has 1 aromatic carbocycles. The molecule has 1 aliphatic rings. The number of hydrogen-bond donors (Lipinski definition) is 1. The lowest BCUT2D eigenvalue weighted by molar-refractivity contribution is -0.153. The first kappa shape index (κ1) is 12.4. The summed E-state index contributed by atoms with van der Waals surface area (Å²) in [5.41, 5.74) is 0.603. The lowest BCUT2D eigenvalue weighted by Gasteiger charge is -2.36. The SMILES string of the molecule is O=C1C=C(O)CC(c2ccccc2)(c2ccncc2)O1. The molecule has 0 bridgehead atoms. The summed E-state index contributed by atoms with van der Waals surface area (Å²) in [6, 6.07) is 13.0. The van der Waals surface area contributed by atoms with Crippen molar-refractivity contribution in [1.82, 2.24) is 4.98 Å². The number of esters is 1. The zero-order valence-electron chi connectivity index (χ0n) is 10.7. The Kier molecular flexibility index (Phi) is 2.99. The van der Waals surface area contributed by atoms with Crippen LogP contribution in [0.4, 0.5) is 0 Å². The number of aliphatic hydroxyl groups is 1. The fraction of sp³-hybridized carbons (Fsp3) is 0.125. The fourth-order valence-corrected chi connectivity index (χ4v) is 2.50. The zero-order chi connectivity index (χ0) is 14.0. The topological polar surface area (TPSA) is 59.4 Å². The Labute approximate surface area is 116 Å². The zero-order valence-corrected chi connectivity index (χ0v) is 10.7. The second-order valence-electron chi connectivity index (χ2n) is 4.66. The first-order valence-electron chi connectivity index (χ1n) is 6.29. The molecule has 0 amide bonds. The molecule has 0 spiro atoms. The lowest BCUT2D eigenvalue weighted by Crippen LogP contribution is -2.37. The molecule has 2 aromatic rings. The maximum absolute atomic E-state index is 11.8. The van der Waals surface area contributed by atoms with Crippen molar-refractivity contribution in [3.8, 4) is 0 Å². The van der Waals surface area contributed by atoms with Gasteiger partial charge in [-0.1, -0.05) is 30.3 Å². The summed E-state index contributed by atoms with van der Waals surface area (Å²) in [4.78, 5) is 15.7. The summed E-state index contributed by atoms with van der Waals surface area (Å²) in [6.45, 7) is 0. The molecule has 0 saturated heterocycles. The molecule has 100 valence electrons. The Bertz CT molecular complexity index is 610. The molecule has 0 fully saturated rings. The van der Waals surface area contributed by atoms with E-state index in [1.54, 1.807) is 24.5 Å². The normalized spacial score (nSPS) is 22.0. The van der Waals surface area contributed by atoms with Crippen LogP contribution >= 0.6 is 0 Å². The largest absolute Gasteiger partial charge is 0.512 e. The van der Waals surface area contributed by atoms with Crippen LogP contribution in [-0.4, -0.2) is 16.1 Å². The molecule has 1 aliphatic heterocycles. The van der Waals surface area contributed by atoms with Gasteiger partial charge in [0.25, 0.3) is 0 Å². The van der Waals surface area contributed by atoms with Crippen molar-refractivity contribution in [1.29, 1.82) is 0 Å². The predicted molar refractivity (Wildman–Crippen MR) is 72.9 cm³/mol. The number of nitrogens with zero attached hydrogens (tertiary/aromatic N) is 1. The third-order valence-corrected chi connectivity index (χ3v) is 3.38. The van der Waals surface area contributed by atoms with Gasteiger partial charge in [0.05, 0.1) is 12.5 Å². The van der Waals surface area contributed by atoms with E-state index in [0.717, 1.165) is 17.2 Å². The molecule has 0 saturated carbocycles. The van der Waals surface area contributed by atoms with Crippen LogP contribution in [0.3, 0.4) is 0 Å². The average Bonchev–Trinajstić information content (AvgIpc) is 2.48. The van der Waals surface area contributed by atoms with Crippen LogP contribution < -0.4 is 0 Å². The molecule has 4 nitrogen and oxygen atoms in total. The standard InChI is InChI=1S/C16H13NO3/c18-14-10-15(19)20-16(11-14,12-4-2-1-3-5-12)13-6-8-17-9-7-13/h1-10,18H,11H2. The Morgan fingerprint density at radius 1 is 1.05 bits per heavy atom. The first-order valence-corrected chi connectivity index (χ1v) is 6.29. The van der Waals surface area contributed by atoms with Gasteiger partial charge < -0.3 is 9.84 Å². The van der Waals surface area contributed by atoms with Gasteiger partial charge in [0.2, 0.25) is 0 Å². The summed E-state index contributed by atoms with van der Waals surface area (Å²) in [6.07, 6.45) is 4.61. The monoisotopic (exact) mass is 267 g/mol. The van der Waals surface area contributed by atoms with Crippen molar-refractivity contribution >= 4 is 5.97 Å². The average molecular weight is 267 g/mol. The number of pyridine rings is 1. The van der Waals surface area contributed by atoms with E-state index in [2.05, 4.69) is 4.98 Å². The minimum absolute atomic E-state index is 0.0157. The minimum Gasteiger partial charge on any atom is -0.512 e. The Balaban J connectivity index is 2.19. The van der Waals surface area contributed by atoms with Crippen LogP contribution in [0.2, 0.25) is 0 Å². The van der Waals surface area contributed by atoms with Crippen LogP contribution in [0.1, 0.15) is 17.5 Å². The summed E-state index contributed by atoms with van der Waals surface area (Å²) in [5.74, 6) is -0.531. The quantitative estimate of drug-likeness (QED) is 0.850. The maximum atomic E-state index is 11.8. The highest BCUT2D eigenvalue weighted by molar-refractivity contribution is 5.84. The number of carbonyl (C=O) groups is 1. The molecule has 1 aromatic heterocycles. The summed E-state index contributed by atoms with van der Waals surface area (Å²) in [5, 5.41) is 9.88. The molecule has 0 radical (unpaired) electrons. The highest BCUT2D eigenvalue weighted by Crippen LogP contribution is 2.41. The number of aliphatic hydroxyl groups excluding tert-OH is 1. The van der Waals surface area contributed by atoms with E-state index < -0.39 is 11.6 Å². The van der Waals surface area contributed by atoms with Gasteiger partial charge in [-0.25, -0.2) is 4.79 Å². The molecule has 1 unspecified atom stereocenters. The van der Waals surface area contributed by atoms with Gasteiger partial charge in [-0.3, -0.25) is 4.98 Å². The third kappa shape index (κ3) is 2.05. The molecular weight excluding hydrogens is 254 g/mol. The minimum atomic E-state index is -1.000. The van der Waals surface area contributed by atoms with Crippen LogP contribution in [-0.2, 0) is 15.1 Å².